The van der Waals surface area contributed by atoms with E-state index in [1.54, 1.807) is 0 Å². The summed E-state index contributed by atoms with van der Waals surface area (Å²) in [5.74, 6) is -0.240. The predicted octanol–water partition coefficient (Wildman–Crippen LogP) is -0.137. The van der Waals surface area contributed by atoms with Crippen molar-refractivity contribution in [3.63, 3.8) is 0 Å². The van der Waals surface area contributed by atoms with Gasteiger partial charge in [-0.05, 0) is 0 Å². The number of anilines is 1. The van der Waals surface area contributed by atoms with Gasteiger partial charge in [0.05, 0.1) is 18.3 Å². The number of carbonyl (C=O) groups excluding carboxylic acids is 1. The molecule has 1 atom stereocenters. The number of aromatic nitrogens is 3. The smallest absolute Gasteiger partial charge is 0.327 e. The number of aliphatic carboxylic acids is 1. The number of rotatable bonds is 2. The van der Waals surface area contributed by atoms with Gasteiger partial charge in [0.1, 0.15) is 6.04 Å². The van der Waals surface area contributed by atoms with Crippen molar-refractivity contribution >= 4 is 29.7 Å². The van der Waals surface area contributed by atoms with Crippen molar-refractivity contribution in [2.45, 2.75) is 6.04 Å². The van der Waals surface area contributed by atoms with Gasteiger partial charge in [-0.2, -0.15) is 5.10 Å². The molecule has 0 aliphatic carbocycles. The van der Waals surface area contributed by atoms with Gasteiger partial charge in [-0.1, -0.05) is 0 Å². The summed E-state index contributed by atoms with van der Waals surface area (Å²) < 4.78 is 0. The molecule has 2 N–H and O–H groups in total. The van der Waals surface area contributed by atoms with E-state index in [9.17, 15) is 9.59 Å². The first-order chi connectivity index (χ1) is 8.18. The van der Waals surface area contributed by atoms with Gasteiger partial charge in [-0.3, -0.25) is 5.32 Å². The fourth-order valence-corrected chi connectivity index (χ4v) is 2.46. The van der Waals surface area contributed by atoms with Gasteiger partial charge >= 0.3 is 12.0 Å². The summed E-state index contributed by atoms with van der Waals surface area (Å²) in [4.78, 5) is 27.6. The Bertz CT molecular complexity index is 428. The van der Waals surface area contributed by atoms with Crippen molar-refractivity contribution in [1.29, 1.82) is 0 Å². The SMILES string of the molecule is O=C(O)C1CSCN1C(=O)Nc1nccnn1. The minimum Gasteiger partial charge on any atom is -0.480 e. The summed E-state index contributed by atoms with van der Waals surface area (Å²) in [6, 6.07) is -1.34. The fourth-order valence-electron chi connectivity index (χ4n) is 1.32. The fraction of sp³-hybridized carbons (Fsp3) is 0.375. The first-order valence-electron chi connectivity index (χ1n) is 4.70. The lowest BCUT2D eigenvalue weighted by atomic mass is 10.3. The number of carboxylic acid groups (broad SMARTS) is 1. The van der Waals surface area contributed by atoms with Crippen LogP contribution in [0.4, 0.5) is 10.7 Å². The number of urea groups is 1. The maximum atomic E-state index is 11.8. The lowest BCUT2D eigenvalue weighted by Crippen LogP contribution is -2.44. The summed E-state index contributed by atoms with van der Waals surface area (Å²) in [6.45, 7) is 0. The average molecular weight is 255 g/mol. The Morgan fingerprint density at radius 2 is 2.35 bits per heavy atom. The minimum absolute atomic E-state index is 0.0542. The molecule has 1 aromatic rings. The average Bonchev–Trinajstić information content (AvgIpc) is 2.79. The van der Waals surface area contributed by atoms with Crippen LogP contribution in [0.15, 0.2) is 12.4 Å². The van der Waals surface area contributed by atoms with Crippen molar-refractivity contribution in [2.75, 3.05) is 16.9 Å². The lowest BCUT2D eigenvalue weighted by molar-refractivity contribution is -0.140. The van der Waals surface area contributed by atoms with Gasteiger partial charge in [-0.25, -0.2) is 14.6 Å². The molecular weight excluding hydrogens is 246 g/mol. The molecule has 1 aliphatic rings. The van der Waals surface area contributed by atoms with E-state index in [2.05, 4.69) is 20.5 Å². The zero-order chi connectivity index (χ0) is 12.3. The number of carboxylic acids is 1. The number of thioether (sulfide) groups is 1. The van der Waals surface area contributed by atoms with Gasteiger partial charge in [0.15, 0.2) is 0 Å². The number of carbonyl (C=O) groups is 2. The molecule has 2 amide bonds. The van der Waals surface area contributed by atoms with E-state index < -0.39 is 18.0 Å². The molecule has 0 bridgehead atoms. The summed E-state index contributed by atoms with van der Waals surface area (Å²) in [7, 11) is 0. The van der Waals surface area contributed by atoms with Crippen LogP contribution in [0.25, 0.3) is 0 Å². The number of nitrogens with zero attached hydrogens (tertiary/aromatic N) is 4. The molecule has 1 fully saturated rings. The minimum atomic E-state index is -1.02. The van der Waals surface area contributed by atoms with Crippen LogP contribution in [0, 0.1) is 0 Å². The van der Waals surface area contributed by atoms with Gasteiger partial charge in [-0.15, -0.1) is 16.9 Å². The molecule has 9 heteroatoms. The number of nitrogens with one attached hydrogen (secondary N) is 1. The quantitative estimate of drug-likeness (QED) is 0.757. The van der Waals surface area contributed by atoms with Gasteiger partial charge < -0.3 is 10.0 Å². The van der Waals surface area contributed by atoms with E-state index in [0.29, 0.717) is 11.6 Å². The molecule has 1 unspecified atom stereocenters. The highest BCUT2D eigenvalue weighted by Gasteiger charge is 2.34. The van der Waals surface area contributed by atoms with Crippen LogP contribution in [0.5, 0.6) is 0 Å². The molecule has 2 heterocycles. The predicted molar refractivity (Wildman–Crippen MR) is 59.4 cm³/mol. The molecule has 0 saturated carbocycles. The Hall–Kier alpha value is -1.90. The summed E-state index contributed by atoms with van der Waals surface area (Å²) in [5, 5.41) is 18.5. The van der Waals surface area contributed by atoms with Gasteiger partial charge in [0.25, 0.3) is 5.95 Å². The molecule has 90 valence electrons. The number of hydrogen-bond donors (Lipinski definition) is 2. The summed E-state index contributed by atoms with van der Waals surface area (Å²) in [6.07, 6.45) is 2.76. The third-order valence-corrected chi connectivity index (χ3v) is 3.14. The second kappa shape index (κ2) is 4.95. The monoisotopic (exact) mass is 255 g/mol. The first-order valence-corrected chi connectivity index (χ1v) is 5.86. The van der Waals surface area contributed by atoms with Crippen molar-refractivity contribution in [3.8, 4) is 0 Å². The Morgan fingerprint density at radius 1 is 1.53 bits per heavy atom. The highest BCUT2D eigenvalue weighted by Crippen LogP contribution is 2.21. The van der Waals surface area contributed by atoms with Crippen LogP contribution in [0.2, 0.25) is 0 Å². The van der Waals surface area contributed by atoms with Crippen LogP contribution < -0.4 is 5.32 Å². The lowest BCUT2D eigenvalue weighted by Gasteiger charge is -2.19. The Kier molecular flexibility index (Phi) is 3.38. The Balaban J connectivity index is 2.03. The van der Waals surface area contributed by atoms with Gasteiger partial charge in [0, 0.05) is 5.75 Å². The molecule has 17 heavy (non-hydrogen) atoms. The molecule has 0 radical (unpaired) electrons. The molecule has 1 aromatic heterocycles. The highest BCUT2D eigenvalue weighted by molar-refractivity contribution is 7.99. The molecule has 0 spiro atoms. The summed E-state index contributed by atoms with van der Waals surface area (Å²) in [5.41, 5.74) is 0. The first kappa shape index (κ1) is 11.6. The van der Waals surface area contributed by atoms with E-state index in [1.165, 1.54) is 29.1 Å². The van der Waals surface area contributed by atoms with Crippen LogP contribution >= 0.6 is 11.8 Å². The van der Waals surface area contributed by atoms with E-state index in [4.69, 9.17) is 5.11 Å². The third kappa shape index (κ3) is 2.61. The van der Waals surface area contributed by atoms with Crippen molar-refractivity contribution in [1.82, 2.24) is 20.1 Å². The highest BCUT2D eigenvalue weighted by atomic mass is 32.2. The third-order valence-electron chi connectivity index (χ3n) is 2.13. The second-order valence-electron chi connectivity index (χ2n) is 3.22. The van der Waals surface area contributed by atoms with Gasteiger partial charge in [0.2, 0.25) is 0 Å². The zero-order valence-corrected chi connectivity index (χ0v) is 9.42. The molecular formula is C8H9N5O3S. The van der Waals surface area contributed by atoms with Crippen molar-refractivity contribution in [3.05, 3.63) is 12.4 Å². The molecule has 2 rings (SSSR count). The van der Waals surface area contributed by atoms with E-state index in [1.807, 2.05) is 0 Å². The van der Waals surface area contributed by atoms with Crippen LogP contribution in [-0.4, -0.2) is 54.9 Å². The number of hydrogen-bond acceptors (Lipinski definition) is 6. The van der Waals surface area contributed by atoms with Crippen LogP contribution in [-0.2, 0) is 4.79 Å². The van der Waals surface area contributed by atoms with Crippen LogP contribution in [0.1, 0.15) is 0 Å². The maximum absolute atomic E-state index is 11.8. The molecule has 1 saturated heterocycles. The molecule has 1 aliphatic heterocycles. The molecule has 0 aromatic carbocycles. The topological polar surface area (TPSA) is 108 Å². The number of amides is 2. The van der Waals surface area contributed by atoms with E-state index in [0.717, 1.165) is 0 Å². The molecule has 8 nitrogen and oxygen atoms in total. The van der Waals surface area contributed by atoms with Crippen molar-refractivity contribution < 1.29 is 14.7 Å². The zero-order valence-electron chi connectivity index (χ0n) is 8.61. The second-order valence-corrected chi connectivity index (χ2v) is 4.22. The maximum Gasteiger partial charge on any atom is 0.327 e. The van der Waals surface area contributed by atoms with Crippen LogP contribution in [0.3, 0.4) is 0 Å². The normalized spacial score (nSPS) is 19.1. The van der Waals surface area contributed by atoms with E-state index >= 15 is 0 Å². The van der Waals surface area contributed by atoms with Crippen molar-refractivity contribution in [2.24, 2.45) is 0 Å². The Morgan fingerprint density at radius 3 is 3.00 bits per heavy atom. The summed E-state index contributed by atoms with van der Waals surface area (Å²) >= 11 is 1.39. The van der Waals surface area contributed by atoms with E-state index in [-0.39, 0.29) is 5.95 Å². The Labute approximate surface area is 100 Å². The standard InChI is InChI=1S/C8H9N5O3S/c14-6(15)5-3-17-4-13(5)8(16)11-7-9-1-2-10-12-7/h1-2,5H,3-4H2,(H,14,15)(H,9,11,12,16). The largest absolute Gasteiger partial charge is 0.480 e.